The first-order valence-corrected chi connectivity index (χ1v) is 5.25. The first-order chi connectivity index (χ1) is 8.20. The maximum atomic E-state index is 8.67. The molecule has 2 aromatic rings. The number of nitriles is 1. The van der Waals surface area contributed by atoms with Crippen LogP contribution in [-0.4, -0.2) is 5.16 Å². The Morgan fingerprint density at radius 3 is 2.53 bits per heavy atom. The van der Waals surface area contributed by atoms with Gasteiger partial charge in [0.25, 0.3) is 0 Å². The number of nitrogens with zero attached hydrogens (tertiary/aromatic N) is 2. The summed E-state index contributed by atoms with van der Waals surface area (Å²) in [7, 11) is 0. The molecule has 0 spiro atoms. The van der Waals surface area contributed by atoms with Gasteiger partial charge in [-0.1, -0.05) is 5.16 Å². The zero-order valence-electron chi connectivity index (χ0n) is 9.73. The van der Waals surface area contributed by atoms with Gasteiger partial charge in [0.2, 0.25) is 0 Å². The zero-order chi connectivity index (χ0) is 12.3. The van der Waals surface area contributed by atoms with Crippen molar-refractivity contribution in [1.29, 1.82) is 5.26 Å². The Balaban J connectivity index is 2.05. The van der Waals surface area contributed by atoms with Crippen molar-refractivity contribution in [2.45, 2.75) is 20.5 Å². The molecule has 17 heavy (non-hydrogen) atoms. The second-order valence-corrected chi connectivity index (χ2v) is 3.73. The number of ether oxygens (including phenoxy) is 1. The highest BCUT2D eigenvalue weighted by molar-refractivity contribution is 5.34. The van der Waals surface area contributed by atoms with E-state index < -0.39 is 0 Å². The van der Waals surface area contributed by atoms with Crippen LogP contribution in [0.4, 0.5) is 0 Å². The summed E-state index contributed by atoms with van der Waals surface area (Å²) >= 11 is 0. The molecule has 0 fully saturated rings. The van der Waals surface area contributed by atoms with Crippen LogP contribution in [0.3, 0.4) is 0 Å². The Labute approximate surface area is 99.4 Å². The minimum Gasteiger partial charge on any atom is -0.489 e. The summed E-state index contributed by atoms with van der Waals surface area (Å²) in [5.41, 5.74) is 2.43. The van der Waals surface area contributed by atoms with E-state index in [0.717, 1.165) is 22.8 Å². The molecule has 0 aliphatic rings. The van der Waals surface area contributed by atoms with Crippen LogP contribution in [0.2, 0.25) is 0 Å². The van der Waals surface area contributed by atoms with E-state index >= 15 is 0 Å². The highest BCUT2D eigenvalue weighted by Crippen LogP contribution is 2.17. The molecule has 1 heterocycles. The van der Waals surface area contributed by atoms with Crippen molar-refractivity contribution in [3.8, 4) is 11.8 Å². The maximum absolute atomic E-state index is 8.67. The predicted molar refractivity (Wildman–Crippen MR) is 61.5 cm³/mol. The van der Waals surface area contributed by atoms with E-state index in [1.165, 1.54) is 0 Å². The Morgan fingerprint density at radius 1 is 1.29 bits per heavy atom. The van der Waals surface area contributed by atoms with Crippen LogP contribution < -0.4 is 4.74 Å². The number of aryl methyl sites for hydroxylation is 2. The molecule has 0 N–H and O–H groups in total. The number of rotatable bonds is 3. The van der Waals surface area contributed by atoms with E-state index in [9.17, 15) is 0 Å². The summed E-state index contributed by atoms with van der Waals surface area (Å²) in [5.74, 6) is 1.50. The van der Waals surface area contributed by atoms with Gasteiger partial charge in [-0.15, -0.1) is 0 Å². The van der Waals surface area contributed by atoms with E-state index in [0.29, 0.717) is 12.2 Å². The van der Waals surface area contributed by atoms with Crippen LogP contribution in [0, 0.1) is 25.2 Å². The molecule has 0 bridgehead atoms. The maximum Gasteiger partial charge on any atom is 0.140 e. The summed E-state index contributed by atoms with van der Waals surface area (Å²) in [4.78, 5) is 0. The molecule has 0 atom stereocenters. The molecule has 1 aromatic carbocycles. The molecular formula is C13H12N2O2. The Morgan fingerprint density at radius 2 is 2.00 bits per heavy atom. The molecule has 1 aromatic heterocycles. The number of benzene rings is 1. The van der Waals surface area contributed by atoms with E-state index in [1.807, 2.05) is 13.8 Å². The highest BCUT2D eigenvalue weighted by Gasteiger charge is 2.09. The van der Waals surface area contributed by atoms with Crippen molar-refractivity contribution < 1.29 is 9.26 Å². The third kappa shape index (κ3) is 2.45. The average molecular weight is 228 g/mol. The van der Waals surface area contributed by atoms with E-state index in [1.54, 1.807) is 24.3 Å². The summed E-state index contributed by atoms with van der Waals surface area (Å²) < 4.78 is 10.6. The molecule has 4 nitrogen and oxygen atoms in total. The van der Waals surface area contributed by atoms with Crippen LogP contribution in [-0.2, 0) is 6.61 Å². The zero-order valence-corrected chi connectivity index (χ0v) is 9.73. The first-order valence-electron chi connectivity index (χ1n) is 5.25. The second-order valence-electron chi connectivity index (χ2n) is 3.73. The van der Waals surface area contributed by atoms with Crippen molar-refractivity contribution in [3.63, 3.8) is 0 Å². The summed E-state index contributed by atoms with van der Waals surface area (Å²) in [6, 6.07) is 9.06. The van der Waals surface area contributed by atoms with Gasteiger partial charge in [-0.05, 0) is 38.1 Å². The first kappa shape index (κ1) is 11.2. The SMILES string of the molecule is Cc1noc(C)c1COc1ccc(C#N)cc1. The lowest BCUT2D eigenvalue weighted by Crippen LogP contribution is -1.97. The molecule has 0 aliphatic heterocycles. The van der Waals surface area contributed by atoms with Crippen molar-refractivity contribution in [3.05, 3.63) is 46.8 Å². The van der Waals surface area contributed by atoms with Gasteiger partial charge >= 0.3 is 0 Å². The lowest BCUT2D eigenvalue weighted by molar-refractivity contribution is 0.301. The standard InChI is InChI=1S/C13H12N2O2/c1-9-13(10(2)17-15-9)8-16-12-5-3-11(7-14)4-6-12/h3-6H,8H2,1-2H3. The van der Waals surface area contributed by atoms with Gasteiger partial charge in [-0.2, -0.15) is 5.26 Å². The molecule has 0 saturated carbocycles. The number of hydrogen-bond acceptors (Lipinski definition) is 4. The van der Waals surface area contributed by atoms with E-state index in [2.05, 4.69) is 11.2 Å². The fraction of sp³-hybridized carbons (Fsp3) is 0.231. The Hall–Kier alpha value is -2.28. The fourth-order valence-corrected chi connectivity index (χ4v) is 1.49. The van der Waals surface area contributed by atoms with E-state index in [4.69, 9.17) is 14.5 Å². The second kappa shape index (κ2) is 4.71. The van der Waals surface area contributed by atoms with Gasteiger partial charge in [0.1, 0.15) is 18.1 Å². The van der Waals surface area contributed by atoms with Crippen LogP contribution in [0.15, 0.2) is 28.8 Å². The quantitative estimate of drug-likeness (QED) is 0.810. The number of aromatic nitrogens is 1. The van der Waals surface area contributed by atoms with Crippen molar-refractivity contribution in [2.75, 3.05) is 0 Å². The Bertz CT molecular complexity index is 530. The molecule has 0 unspecified atom stereocenters. The average Bonchev–Trinajstić information content (AvgIpc) is 2.67. The molecule has 2 rings (SSSR count). The third-order valence-electron chi connectivity index (χ3n) is 2.55. The van der Waals surface area contributed by atoms with Gasteiger partial charge in [0.15, 0.2) is 0 Å². The van der Waals surface area contributed by atoms with Gasteiger partial charge in [0, 0.05) is 0 Å². The summed E-state index contributed by atoms with van der Waals surface area (Å²) in [5, 5.41) is 12.5. The van der Waals surface area contributed by atoms with Crippen LogP contribution in [0.5, 0.6) is 5.75 Å². The molecule has 0 amide bonds. The summed E-state index contributed by atoms with van der Waals surface area (Å²) in [6.07, 6.45) is 0. The lowest BCUT2D eigenvalue weighted by Gasteiger charge is -2.05. The smallest absolute Gasteiger partial charge is 0.140 e. The van der Waals surface area contributed by atoms with Gasteiger partial charge < -0.3 is 9.26 Å². The fourth-order valence-electron chi connectivity index (χ4n) is 1.49. The third-order valence-corrected chi connectivity index (χ3v) is 2.55. The molecule has 0 radical (unpaired) electrons. The van der Waals surface area contributed by atoms with Gasteiger partial charge in [-0.25, -0.2) is 0 Å². The largest absolute Gasteiger partial charge is 0.489 e. The summed E-state index contributed by atoms with van der Waals surface area (Å²) in [6.45, 7) is 4.17. The molecule has 4 heteroatoms. The molecular weight excluding hydrogens is 216 g/mol. The van der Waals surface area contributed by atoms with Crippen LogP contribution >= 0.6 is 0 Å². The van der Waals surface area contributed by atoms with Crippen molar-refractivity contribution in [2.24, 2.45) is 0 Å². The van der Waals surface area contributed by atoms with Gasteiger partial charge in [0.05, 0.1) is 22.9 Å². The molecule has 0 aliphatic carbocycles. The predicted octanol–water partition coefficient (Wildman–Crippen LogP) is 2.74. The van der Waals surface area contributed by atoms with Gasteiger partial charge in [-0.3, -0.25) is 0 Å². The minimum absolute atomic E-state index is 0.424. The lowest BCUT2D eigenvalue weighted by atomic mass is 10.2. The van der Waals surface area contributed by atoms with E-state index in [-0.39, 0.29) is 0 Å². The van der Waals surface area contributed by atoms with Crippen molar-refractivity contribution in [1.82, 2.24) is 5.16 Å². The number of hydrogen-bond donors (Lipinski definition) is 0. The highest BCUT2D eigenvalue weighted by atomic mass is 16.5. The monoisotopic (exact) mass is 228 g/mol. The topological polar surface area (TPSA) is 59.1 Å². The normalized spacial score (nSPS) is 9.94. The van der Waals surface area contributed by atoms with Crippen LogP contribution in [0.1, 0.15) is 22.6 Å². The minimum atomic E-state index is 0.424. The van der Waals surface area contributed by atoms with Crippen LogP contribution in [0.25, 0.3) is 0 Å². The molecule has 86 valence electrons. The van der Waals surface area contributed by atoms with Crippen molar-refractivity contribution >= 4 is 0 Å². The molecule has 0 saturated heterocycles. The Kier molecular flexibility index (Phi) is 3.10.